The fraction of sp³-hybridized carbons (Fsp3) is 0.231. The summed E-state index contributed by atoms with van der Waals surface area (Å²) in [6.45, 7) is 3.89. The average molecular weight is 357 g/mol. The first kappa shape index (κ1) is 15.0. The van der Waals surface area contributed by atoms with E-state index >= 15 is 0 Å². The molecule has 0 unspecified atom stereocenters. The fourth-order valence-corrected chi connectivity index (χ4v) is 2.22. The van der Waals surface area contributed by atoms with E-state index in [0.29, 0.717) is 22.5 Å². The van der Waals surface area contributed by atoms with Crippen LogP contribution in [0.2, 0.25) is 5.02 Å². The van der Waals surface area contributed by atoms with Gasteiger partial charge in [0, 0.05) is 21.5 Å². The van der Waals surface area contributed by atoms with Crippen molar-refractivity contribution in [2.75, 3.05) is 10.7 Å². The lowest BCUT2D eigenvalue weighted by molar-refractivity contribution is 0.932. The summed E-state index contributed by atoms with van der Waals surface area (Å²) in [5, 5.41) is 3.90. The van der Waals surface area contributed by atoms with Crippen LogP contribution in [0.15, 0.2) is 22.7 Å². The summed E-state index contributed by atoms with van der Waals surface area (Å²) in [6.07, 6.45) is 0.723. The average Bonchev–Trinajstić information content (AvgIpc) is 2.45. The van der Waals surface area contributed by atoms with E-state index in [1.165, 1.54) is 0 Å². The Morgan fingerprint density at radius 2 is 2.00 bits per heavy atom. The number of halogens is 2. The molecule has 5 nitrogen and oxygen atoms in total. The molecule has 4 N–H and O–H groups in total. The maximum absolute atomic E-state index is 6.01. The standard InChI is InChI=1S/C13H15BrClN5/c1-3-11-18-12(7(2)13(19-11)20-16)17-10-6-8(15)4-5-9(10)14/h4-6H,3,16H2,1-2H3,(H2,17,18,19,20). The molecule has 0 atom stereocenters. The van der Waals surface area contributed by atoms with Crippen molar-refractivity contribution in [2.45, 2.75) is 20.3 Å². The van der Waals surface area contributed by atoms with Crippen molar-refractivity contribution < 1.29 is 0 Å². The summed E-state index contributed by atoms with van der Waals surface area (Å²) in [5.74, 6) is 7.51. The van der Waals surface area contributed by atoms with E-state index in [2.05, 4.69) is 36.6 Å². The first-order valence-corrected chi connectivity index (χ1v) is 7.28. The Balaban J connectivity index is 2.44. The third-order valence-corrected chi connectivity index (χ3v) is 3.75. The molecule has 1 aromatic carbocycles. The molecule has 106 valence electrons. The zero-order valence-corrected chi connectivity index (χ0v) is 13.5. The summed E-state index contributed by atoms with van der Waals surface area (Å²) in [4.78, 5) is 8.81. The highest BCUT2D eigenvalue weighted by molar-refractivity contribution is 9.10. The van der Waals surface area contributed by atoms with Gasteiger partial charge in [-0.3, -0.25) is 0 Å². The molecule has 7 heteroatoms. The van der Waals surface area contributed by atoms with Crippen LogP contribution in [0.3, 0.4) is 0 Å². The topological polar surface area (TPSA) is 75.9 Å². The van der Waals surface area contributed by atoms with Crippen LogP contribution in [-0.4, -0.2) is 9.97 Å². The second-order valence-electron chi connectivity index (χ2n) is 4.21. The van der Waals surface area contributed by atoms with Crippen molar-refractivity contribution in [1.29, 1.82) is 0 Å². The van der Waals surface area contributed by atoms with Gasteiger partial charge in [-0.2, -0.15) is 0 Å². The van der Waals surface area contributed by atoms with Gasteiger partial charge in [0.05, 0.1) is 5.69 Å². The minimum atomic E-state index is 0.609. The third kappa shape index (κ3) is 3.20. The Bertz CT molecular complexity index is 632. The van der Waals surface area contributed by atoms with E-state index in [1.54, 1.807) is 0 Å². The lowest BCUT2D eigenvalue weighted by atomic mass is 10.2. The fourth-order valence-electron chi connectivity index (χ4n) is 1.70. The van der Waals surface area contributed by atoms with E-state index in [9.17, 15) is 0 Å². The number of nitrogens with two attached hydrogens (primary N) is 1. The minimum Gasteiger partial charge on any atom is -0.339 e. The monoisotopic (exact) mass is 355 g/mol. The van der Waals surface area contributed by atoms with Crippen LogP contribution in [0.25, 0.3) is 0 Å². The molecule has 0 aliphatic rings. The highest BCUT2D eigenvalue weighted by atomic mass is 79.9. The summed E-state index contributed by atoms with van der Waals surface area (Å²) in [6, 6.07) is 5.52. The SMILES string of the molecule is CCc1nc(NN)c(C)c(Nc2cc(Cl)ccc2Br)n1. The summed E-state index contributed by atoms with van der Waals surface area (Å²) < 4.78 is 0.903. The number of nitrogen functional groups attached to an aromatic ring is 1. The van der Waals surface area contributed by atoms with E-state index in [-0.39, 0.29) is 0 Å². The van der Waals surface area contributed by atoms with Gasteiger partial charge < -0.3 is 10.7 Å². The first-order chi connectivity index (χ1) is 9.55. The molecule has 1 heterocycles. The van der Waals surface area contributed by atoms with Gasteiger partial charge >= 0.3 is 0 Å². The van der Waals surface area contributed by atoms with Crippen LogP contribution in [0.4, 0.5) is 17.3 Å². The van der Waals surface area contributed by atoms with Crippen molar-refractivity contribution in [3.8, 4) is 0 Å². The molecule has 20 heavy (non-hydrogen) atoms. The molecule has 2 aromatic rings. The number of anilines is 3. The molecule has 0 saturated heterocycles. The Kier molecular flexibility index (Phi) is 4.80. The maximum atomic E-state index is 6.01. The molecule has 0 amide bonds. The number of benzene rings is 1. The van der Waals surface area contributed by atoms with Gasteiger partial charge in [0.25, 0.3) is 0 Å². The molecule has 0 saturated carbocycles. The Morgan fingerprint density at radius 3 is 2.65 bits per heavy atom. The van der Waals surface area contributed by atoms with E-state index in [4.69, 9.17) is 17.4 Å². The van der Waals surface area contributed by atoms with Crippen molar-refractivity contribution in [3.63, 3.8) is 0 Å². The molecular weight excluding hydrogens is 342 g/mol. The molecular formula is C13H15BrClN5. The van der Waals surface area contributed by atoms with Crippen LogP contribution in [0.5, 0.6) is 0 Å². The first-order valence-electron chi connectivity index (χ1n) is 6.11. The quantitative estimate of drug-likeness (QED) is 0.574. The lowest BCUT2D eigenvalue weighted by Crippen LogP contribution is -2.14. The van der Waals surface area contributed by atoms with Gasteiger partial charge in [0.15, 0.2) is 0 Å². The largest absolute Gasteiger partial charge is 0.339 e. The van der Waals surface area contributed by atoms with Crippen molar-refractivity contribution >= 4 is 44.9 Å². The second-order valence-corrected chi connectivity index (χ2v) is 5.50. The van der Waals surface area contributed by atoms with Gasteiger partial charge in [-0.25, -0.2) is 15.8 Å². The number of nitrogens with one attached hydrogen (secondary N) is 2. The van der Waals surface area contributed by atoms with Gasteiger partial charge in [-0.1, -0.05) is 18.5 Å². The van der Waals surface area contributed by atoms with Crippen molar-refractivity contribution in [1.82, 2.24) is 9.97 Å². The molecule has 1 aromatic heterocycles. The minimum absolute atomic E-state index is 0.609. The summed E-state index contributed by atoms with van der Waals surface area (Å²) in [7, 11) is 0. The number of aromatic nitrogens is 2. The van der Waals surface area contributed by atoms with E-state index in [1.807, 2.05) is 32.0 Å². The highest BCUT2D eigenvalue weighted by Gasteiger charge is 2.11. The van der Waals surface area contributed by atoms with Gasteiger partial charge in [0.1, 0.15) is 17.5 Å². The Labute approximate surface area is 131 Å². The van der Waals surface area contributed by atoms with Crippen LogP contribution in [-0.2, 0) is 6.42 Å². The van der Waals surface area contributed by atoms with Crippen molar-refractivity contribution in [3.05, 3.63) is 39.1 Å². The van der Waals surface area contributed by atoms with E-state index in [0.717, 1.165) is 22.1 Å². The predicted octanol–water partition coefficient (Wildman–Crippen LogP) is 3.79. The van der Waals surface area contributed by atoms with Gasteiger partial charge in [0.2, 0.25) is 0 Å². The molecule has 0 aliphatic heterocycles. The van der Waals surface area contributed by atoms with Crippen molar-refractivity contribution in [2.24, 2.45) is 5.84 Å². The zero-order chi connectivity index (χ0) is 14.7. The zero-order valence-electron chi connectivity index (χ0n) is 11.2. The van der Waals surface area contributed by atoms with Gasteiger partial charge in [-0.15, -0.1) is 0 Å². The Hall–Kier alpha value is -1.37. The highest BCUT2D eigenvalue weighted by Crippen LogP contribution is 2.30. The second kappa shape index (κ2) is 6.39. The van der Waals surface area contributed by atoms with Crippen LogP contribution >= 0.6 is 27.5 Å². The number of aryl methyl sites for hydroxylation is 1. The van der Waals surface area contributed by atoms with Crippen LogP contribution < -0.4 is 16.6 Å². The molecule has 0 radical (unpaired) electrons. The maximum Gasteiger partial charge on any atom is 0.148 e. The lowest BCUT2D eigenvalue weighted by Gasteiger charge is -2.14. The number of rotatable bonds is 4. The third-order valence-electron chi connectivity index (χ3n) is 2.83. The molecule has 0 bridgehead atoms. The number of hydrogen-bond acceptors (Lipinski definition) is 5. The smallest absolute Gasteiger partial charge is 0.148 e. The number of hydrogen-bond donors (Lipinski definition) is 3. The van der Waals surface area contributed by atoms with E-state index < -0.39 is 0 Å². The predicted molar refractivity (Wildman–Crippen MR) is 86.4 cm³/mol. The number of nitrogens with zero attached hydrogens (tertiary/aromatic N) is 2. The Morgan fingerprint density at radius 1 is 1.30 bits per heavy atom. The molecule has 0 spiro atoms. The van der Waals surface area contributed by atoms with Gasteiger partial charge in [-0.05, 0) is 41.1 Å². The molecule has 0 fully saturated rings. The van der Waals surface area contributed by atoms with Crippen LogP contribution in [0, 0.1) is 6.92 Å². The van der Waals surface area contributed by atoms with Crippen LogP contribution in [0.1, 0.15) is 18.3 Å². The number of hydrazine groups is 1. The normalized spacial score (nSPS) is 10.4. The molecule has 2 rings (SSSR count). The summed E-state index contributed by atoms with van der Waals surface area (Å²) >= 11 is 9.49. The molecule has 0 aliphatic carbocycles. The summed E-state index contributed by atoms with van der Waals surface area (Å²) in [5.41, 5.74) is 4.27.